The zero-order chi connectivity index (χ0) is 11.1. The molecule has 16 heavy (non-hydrogen) atoms. The molecule has 2 aliphatic rings. The SMILES string of the molecule is NCC1CC2CCc3ccc(Cl)cc3N2C1. The summed E-state index contributed by atoms with van der Waals surface area (Å²) in [5.41, 5.74) is 8.58. The first-order valence-corrected chi connectivity index (χ1v) is 6.41. The van der Waals surface area contributed by atoms with Gasteiger partial charge in [-0.1, -0.05) is 17.7 Å². The van der Waals surface area contributed by atoms with Crippen LogP contribution in [0.15, 0.2) is 18.2 Å². The molecule has 0 saturated carbocycles. The zero-order valence-corrected chi connectivity index (χ0v) is 10.1. The fourth-order valence-electron chi connectivity index (χ4n) is 3.09. The summed E-state index contributed by atoms with van der Waals surface area (Å²) in [6.07, 6.45) is 3.71. The van der Waals surface area contributed by atoms with Gasteiger partial charge < -0.3 is 10.6 Å². The number of hydrogen-bond acceptors (Lipinski definition) is 2. The summed E-state index contributed by atoms with van der Waals surface area (Å²) >= 11 is 6.09. The number of fused-ring (bicyclic) bond motifs is 3. The fourth-order valence-corrected chi connectivity index (χ4v) is 3.26. The lowest BCUT2D eigenvalue weighted by Gasteiger charge is -2.33. The second kappa shape index (κ2) is 3.94. The molecule has 2 aliphatic heterocycles. The van der Waals surface area contributed by atoms with Crippen LogP contribution in [0.4, 0.5) is 5.69 Å². The van der Waals surface area contributed by atoms with Crippen molar-refractivity contribution in [2.45, 2.75) is 25.3 Å². The van der Waals surface area contributed by atoms with Crippen LogP contribution in [0.1, 0.15) is 18.4 Å². The van der Waals surface area contributed by atoms with E-state index in [2.05, 4.69) is 17.0 Å². The number of nitrogens with two attached hydrogens (primary N) is 1. The van der Waals surface area contributed by atoms with Gasteiger partial charge in [-0.15, -0.1) is 0 Å². The molecule has 1 aromatic carbocycles. The Balaban J connectivity index is 1.96. The molecular formula is C13H17ClN2. The quantitative estimate of drug-likeness (QED) is 0.812. The summed E-state index contributed by atoms with van der Waals surface area (Å²) in [4.78, 5) is 2.52. The van der Waals surface area contributed by atoms with E-state index in [0.717, 1.165) is 18.1 Å². The number of hydrogen-bond donors (Lipinski definition) is 1. The molecule has 0 amide bonds. The molecule has 0 spiro atoms. The molecule has 0 aliphatic carbocycles. The Hall–Kier alpha value is -0.730. The number of rotatable bonds is 1. The fraction of sp³-hybridized carbons (Fsp3) is 0.538. The van der Waals surface area contributed by atoms with Crippen LogP contribution in [0.25, 0.3) is 0 Å². The molecule has 0 aromatic heterocycles. The molecule has 0 bridgehead atoms. The van der Waals surface area contributed by atoms with E-state index in [1.807, 2.05) is 6.07 Å². The lowest BCUT2D eigenvalue weighted by molar-refractivity contribution is 0.537. The molecule has 2 N–H and O–H groups in total. The van der Waals surface area contributed by atoms with Crippen LogP contribution in [0.2, 0.25) is 5.02 Å². The first kappa shape index (κ1) is 10.4. The zero-order valence-electron chi connectivity index (χ0n) is 9.32. The third-order valence-electron chi connectivity index (χ3n) is 3.94. The number of halogens is 1. The van der Waals surface area contributed by atoms with Gasteiger partial charge in [0.15, 0.2) is 0 Å². The van der Waals surface area contributed by atoms with Crippen LogP contribution in [0, 0.1) is 5.92 Å². The molecule has 1 fully saturated rings. The van der Waals surface area contributed by atoms with Gasteiger partial charge >= 0.3 is 0 Å². The van der Waals surface area contributed by atoms with E-state index >= 15 is 0 Å². The van der Waals surface area contributed by atoms with Crippen LogP contribution < -0.4 is 10.6 Å². The van der Waals surface area contributed by atoms with Gasteiger partial charge in [0.25, 0.3) is 0 Å². The van der Waals surface area contributed by atoms with Gasteiger partial charge in [0.2, 0.25) is 0 Å². The Morgan fingerprint density at radius 1 is 1.44 bits per heavy atom. The van der Waals surface area contributed by atoms with Gasteiger partial charge in [-0.3, -0.25) is 0 Å². The highest BCUT2D eigenvalue weighted by Gasteiger charge is 2.34. The smallest absolute Gasteiger partial charge is 0.0426 e. The largest absolute Gasteiger partial charge is 0.368 e. The molecule has 3 heteroatoms. The van der Waals surface area contributed by atoms with Crippen molar-refractivity contribution in [2.24, 2.45) is 11.7 Å². The predicted molar refractivity (Wildman–Crippen MR) is 68.1 cm³/mol. The average Bonchev–Trinajstić information content (AvgIpc) is 2.72. The molecule has 86 valence electrons. The minimum Gasteiger partial charge on any atom is -0.368 e. The van der Waals surface area contributed by atoms with E-state index in [0.29, 0.717) is 12.0 Å². The van der Waals surface area contributed by atoms with E-state index < -0.39 is 0 Å². The van der Waals surface area contributed by atoms with Gasteiger partial charge in [0.1, 0.15) is 0 Å². The van der Waals surface area contributed by atoms with Gasteiger partial charge in [0.05, 0.1) is 0 Å². The van der Waals surface area contributed by atoms with Crippen molar-refractivity contribution in [3.05, 3.63) is 28.8 Å². The van der Waals surface area contributed by atoms with Crippen molar-refractivity contribution >= 4 is 17.3 Å². The van der Waals surface area contributed by atoms with Crippen LogP contribution in [0.5, 0.6) is 0 Å². The summed E-state index contributed by atoms with van der Waals surface area (Å²) in [5.74, 6) is 0.662. The molecule has 1 saturated heterocycles. The molecule has 2 heterocycles. The maximum absolute atomic E-state index is 6.09. The van der Waals surface area contributed by atoms with Crippen LogP contribution in [-0.2, 0) is 6.42 Å². The molecule has 3 rings (SSSR count). The van der Waals surface area contributed by atoms with Gasteiger partial charge in [-0.05, 0) is 49.4 Å². The predicted octanol–water partition coefficient (Wildman–Crippen LogP) is 2.44. The highest BCUT2D eigenvalue weighted by molar-refractivity contribution is 6.30. The van der Waals surface area contributed by atoms with Crippen molar-refractivity contribution in [1.29, 1.82) is 0 Å². The molecule has 2 unspecified atom stereocenters. The molecule has 2 nitrogen and oxygen atoms in total. The Morgan fingerprint density at radius 2 is 2.31 bits per heavy atom. The van der Waals surface area contributed by atoms with E-state index in [1.165, 1.54) is 30.5 Å². The number of nitrogens with zero attached hydrogens (tertiary/aromatic N) is 1. The number of aryl methyl sites for hydroxylation is 1. The lowest BCUT2D eigenvalue weighted by Crippen LogP contribution is -2.34. The van der Waals surface area contributed by atoms with Crippen LogP contribution in [0.3, 0.4) is 0 Å². The van der Waals surface area contributed by atoms with Gasteiger partial charge in [-0.2, -0.15) is 0 Å². The van der Waals surface area contributed by atoms with E-state index in [4.69, 9.17) is 17.3 Å². The summed E-state index contributed by atoms with van der Waals surface area (Å²) in [7, 11) is 0. The Bertz CT molecular complexity index is 405. The van der Waals surface area contributed by atoms with Crippen molar-refractivity contribution in [1.82, 2.24) is 0 Å². The van der Waals surface area contributed by atoms with Crippen molar-refractivity contribution < 1.29 is 0 Å². The Kier molecular flexibility index (Phi) is 2.56. The Labute approximate surface area is 101 Å². The highest BCUT2D eigenvalue weighted by Crippen LogP contribution is 2.39. The van der Waals surface area contributed by atoms with Gasteiger partial charge in [0, 0.05) is 23.3 Å². The van der Waals surface area contributed by atoms with E-state index in [1.54, 1.807) is 0 Å². The third-order valence-corrected chi connectivity index (χ3v) is 4.17. The summed E-state index contributed by atoms with van der Waals surface area (Å²) < 4.78 is 0. The summed E-state index contributed by atoms with van der Waals surface area (Å²) in [6.45, 7) is 1.91. The van der Waals surface area contributed by atoms with Crippen molar-refractivity contribution in [2.75, 3.05) is 18.0 Å². The van der Waals surface area contributed by atoms with Crippen LogP contribution >= 0.6 is 11.6 Å². The second-order valence-electron chi connectivity index (χ2n) is 4.96. The maximum Gasteiger partial charge on any atom is 0.0426 e. The van der Waals surface area contributed by atoms with Crippen molar-refractivity contribution in [3.63, 3.8) is 0 Å². The molecule has 1 aromatic rings. The minimum absolute atomic E-state index is 0.662. The van der Waals surface area contributed by atoms with E-state index in [9.17, 15) is 0 Å². The topological polar surface area (TPSA) is 29.3 Å². The van der Waals surface area contributed by atoms with Gasteiger partial charge in [-0.25, -0.2) is 0 Å². The van der Waals surface area contributed by atoms with E-state index in [-0.39, 0.29) is 0 Å². The monoisotopic (exact) mass is 236 g/mol. The second-order valence-corrected chi connectivity index (χ2v) is 5.39. The van der Waals surface area contributed by atoms with Crippen molar-refractivity contribution in [3.8, 4) is 0 Å². The summed E-state index contributed by atoms with van der Waals surface area (Å²) in [6, 6.07) is 6.97. The number of benzene rings is 1. The molecular weight excluding hydrogens is 220 g/mol. The molecule has 2 atom stereocenters. The minimum atomic E-state index is 0.662. The maximum atomic E-state index is 6.09. The lowest BCUT2D eigenvalue weighted by atomic mass is 9.95. The normalized spacial score (nSPS) is 27.8. The highest BCUT2D eigenvalue weighted by atomic mass is 35.5. The standard InChI is InChI=1S/C13H17ClN2/c14-11-3-1-10-2-4-12-5-9(7-15)8-16(12)13(10)6-11/h1,3,6,9,12H,2,4-5,7-8,15H2. The first-order chi connectivity index (χ1) is 7.78. The average molecular weight is 237 g/mol. The number of anilines is 1. The third kappa shape index (κ3) is 1.61. The first-order valence-electron chi connectivity index (χ1n) is 6.03. The molecule has 0 radical (unpaired) electrons. The summed E-state index contributed by atoms with van der Waals surface area (Å²) in [5, 5.41) is 0.843. The Morgan fingerprint density at radius 3 is 3.12 bits per heavy atom. The van der Waals surface area contributed by atoms with Crippen LogP contribution in [-0.4, -0.2) is 19.1 Å².